The molecule has 0 radical (unpaired) electrons. The van der Waals surface area contributed by atoms with Crippen molar-refractivity contribution in [1.29, 1.82) is 0 Å². The van der Waals surface area contributed by atoms with Gasteiger partial charge in [0.25, 0.3) is 0 Å². The van der Waals surface area contributed by atoms with Crippen LogP contribution in [0.25, 0.3) is 0 Å². The number of imidazole rings is 1. The van der Waals surface area contributed by atoms with E-state index < -0.39 is 0 Å². The standard InChI is InChI=1S/C21H30N4O/c1-5-19-22-15(2)20(23-19)17-13-24(3)14-18(17)21(26)25(4)12-11-16-9-7-6-8-10-16/h6-10,17-18H,5,11-14H2,1-4H3,(H,22,23)/t17-,18-/m1/s1. The SMILES string of the molecule is CCc1nc([C@@H]2CN(C)C[C@H]2C(=O)N(C)CCc2ccccc2)c(C)[nH]1. The topological polar surface area (TPSA) is 52.2 Å². The summed E-state index contributed by atoms with van der Waals surface area (Å²) in [6.45, 7) is 6.60. The summed E-state index contributed by atoms with van der Waals surface area (Å²) in [6, 6.07) is 10.3. The molecule has 2 atom stereocenters. The quantitative estimate of drug-likeness (QED) is 0.868. The molecular weight excluding hydrogens is 324 g/mol. The molecule has 1 aliphatic rings. The van der Waals surface area contributed by atoms with Gasteiger partial charge in [-0.1, -0.05) is 37.3 Å². The lowest BCUT2D eigenvalue weighted by Crippen LogP contribution is -2.37. The second-order valence-corrected chi connectivity index (χ2v) is 7.48. The van der Waals surface area contributed by atoms with Crippen LogP contribution < -0.4 is 0 Å². The third kappa shape index (κ3) is 3.98. The zero-order chi connectivity index (χ0) is 18.7. The van der Waals surface area contributed by atoms with Crippen LogP contribution in [0.1, 0.15) is 35.6 Å². The molecule has 2 aromatic rings. The Labute approximate surface area is 156 Å². The number of aryl methyl sites for hydroxylation is 2. The lowest BCUT2D eigenvalue weighted by molar-refractivity contribution is -0.134. The summed E-state index contributed by atoms with van der Waals surface area (Å²) in [7, 11) is 4.02. The minimum absolute atomic E-state index is 0.0209. The van der Waals surface area contributed by atoms with Gasteiger partial charge in [-0.05, 0) is 26.0 Å². The van der Waals surface area contributed by atoms with Crippen LogP contribution in [0.3, 0.4) is 0 Å². The number of amides is 1. The highest BCUT2D eigenvalue weighted by Gasteiger charge is 2.40. The number of benzene rings is 1. The van der Waals surface area contributed by atoms with Gasteiger partial charge < -0.3 is 14.8 Å². The van der Waals surface area contributed by atoms with E-state index in [2.05, 4.69) is 42.9 Å². The number of carbonyl (C=O) groups is 1. The smallest absolute Gasteiger partial charge is 0.227 e. The molecule has 1 fully saturated rings. The van der Waals surface area contributed by atoms with Crippen molar-refractivity contribution in [3.8, 4) is 0 Å². The molecule has 1 aromatic carbocycles. The Morgan fingerprint density at radius 1 is 1.31 bits per heavy atom. The molecule has 3 rings (SSSR count). The molecule has 0 bridgehead atoms. The van der Waals surface area contributed by atoms with Crippen LogP contribution in [0.15, 0.2) is 30.3 Å². The van der Waals surface area contributed by atoms with Gasteiger partial charge in [-0.25, -0.2) is 4.98 Å². The Morgan fingerprint density at radius 2 is 2.04 bits per heavy atom. The monoisotopic (exact) mass is 354 g/mol. The third-order valence-electron chi connectivity index (χ3n) is 5.43. The zero-order valence-electron chi connectivity index (χ0n) is 16.3. The minimum atomic E-state index is -0.0209. The first-order chi connectivity index (χ1) is 12.5. The summed E-state index contributed by atoms with van der Waals surface area (Å²) in [5, 5.41) is 0. The number of rotatable bonds is 6. The highest BCUT2D eigenvalue weighted by molar-refractivity contribution is 5.80. The molecule has 0 aliphatic carbocycles. The van der Waals surface area contributed by atoms with Crippen molar-refractivity contribution in [1.82, 2.24) is 19.8 Å². The number of likely N-dealkylation sites (tertiary alicyclic amines) is 1. The molecular formula is C21H30N4O. The highest BCUT2D eigenvalue weighted by Crippen LogP contribution is 2.33. The van der Waals surface area contributed by atoms with Crippen LogP contribution in [0.4, 0.5) is 0 Å². The Balaban J connectivity index is 1.70. The number of aromatic amines is 1. The Hall–Kier alpha value is -2.14. The molecule has 5 nitrogen and oxygen atoms in total. The predicted molar refractivity (Wildman–Crippen MR) is 104 cm³/mol. The molecule has 0 spiro atoms. The molecule has 140 valence electrons. The predicted octanol–water partition coefficient (Wildman–Crippen LogP) is 2.63. The Morgan fingerprint density at radius 3 is 2.69 bits per heavy atom. The maximum absolute atomic E-state index is 13.1. The van der Waals surface area contributed by atoms with Crippen LogP contribution in [-0.2, 0) is 17.6 Å². The normalized spacial score (nSPS) is 20.5. The first-order valence-corrected chi connectivity index (χ1v) is 9.52. The van der Waals surface area contributed by atoms with Crippen LogP contribution in [0.2, 0.25) is 0 Å². The van der Waals surface area contributed by atoms with E-state index in [9.17, 15) is 4.79 Å². The summed E-state index contributed by atoms with van der Waals surface area (Å²) < 4.78 is 0. The number of nitrogens with one attached hydrogen (secondary N) is 1. The van der Waals surface area contributed by atoms with E-state index in [0.29, 0.717) is 0 Å². The second-order valence-electron chi connectivity index (χ2n) is 7.48. The third-order valence-corrected chi connectivity index (χ3v) is 5.43. The number of nitrogens with zero attached hydrogens (tertiary/aromatic N) is 3. The van der Waals surface area contributed by atoms with Crippen LogP contribution in [0, 0.1) is 12.8 Å². The van der Waals surface area contributed by atoms with Gasteiger partial charge in [0, 0.05) is 44.7 Å². The number of aromatic nitrogens is 2. The molecule has 0 saturated carbocycles. The van der Waals surface area contributed by atoms with Gasteiger partial charge >= 0.3 is 0 Å². The largest absolute Gasteiger partial charge is 0.346 e. The van der Waals surface area contributed by atoms with Crippen LogP contribution >= 0.6 is 0 Å². The summed E-state index contributed by atoms with van der Waals surface area (Å²) in [5.74, 6) is 1.39. The number of H-pyrrole nitrogens is 1. The van der Waals surface area contributed by atoms with Gasteiger partial charge in [-0.15, -0.1) is 0 Å². The molecule has 0 unspecified atom stereocenters. The molecule has 1 saturated heterocycles. The average molecular weight is 354 g/mol. The number of likely N-dealkylation sites (N-methyl/N-ethyl adjacent to an activating group) is 2. The average Bonchev–Trinajstić information content (AvgIpc) is 3.22. The Bertz CT molecular complexity index is 740. The van der Waals surface area contributed by atoms with E-state index in [4.69, 9.17) is 4.98 Å². The van der Waals surface area contributed by atoms with Crippen molar-refractivity contribution in [3.05, 3.63) is 53.1 Å². The van der Waals surface area contributed by atoms with Crippen molar-refractivity contribution >= 4 is 5.91 Å². The van der Waals surface area contributed by atoms with Gasteiger partial charge in [0.1, 0.15) is 5.82 Å². The molecule has 2 heterocycles. The maximum Gasteiger partial charge on any atom is 0.227 e. The van der Waals surface area contributed by atoms with Gasteiger partial charge in [0.05, 0.1) is 11.6 Å². The van der Waals surface area contributed by atoms with Gasteiger partial charge in [-0.3, -0.25) is 4.79 Å². The summed E-state index contributed by atoms with van der Waals surface area (Å²) in [5.41, 5.74) is 3.44. The summed E-state index contributed by atoms with van der Waals surface area (Å²) in [6.07, 6.45) is 1.77. The van der Waals surface area contributed by atoms with Gasteiger partial charge in [0.2, 0.25) is 5.91 Å². The van der Waals surface area contributed by atoms with E-state index in [1.54, 1.807) is 0 Å². The molecule has 1 amide bonds. The lowest BCUT2D eigenvalue weighted by atomic mass is 9.90. The van der Waals surface area contributed by atoms with E-state index >= 15 is 0 Å². The van der Waals surface area contributed by atoms with Crippen molar-refractivity contribution < 1.29 is 4.79 Å². The number of hydrogen-bond acceptors (Lipinski definition) is 3. The lowest BCUT2D eigenvalue weighted by Gasteiger charge is -2.24. The van der Waals surface area contributed by atoms with Crippen molar-refractivity contribution in [3.63, 3.8) is 0 Å². The van der Waals surface area contributed by atoms with E-state index in [0.717, 1.165) is 49.7 Å². The molecule has 1 aliphatic heterocycles. The molecule has 1 N–H and O–H groups in total. The first-order valence-electron chi connectivity index (χ1n) is 9.52. The van der Waals surface area contributed by atoms with E-state index in [1.807, 2.05) is 30.1 Å². The molecule has 5 heteroatoms. The van der Waals surface area contributed by atoms with E-state index in [-0.39, 0.29) is 17.7 Å². The highest BCUT2D eigenvalue weighted by atomic mass is 16.2. The second kappa shape index (κ2) is 8.04. The van der Waals surface area contributed by atoms with Gasteiger partial charge in [-0.2, -0.15) is 0 Å². The van der Waals surface area contributed by atoms with Crippen molar-refractivity contribution in [2.45, 2.75) is 32.6 Å². The van der Waals surface area contributed by atoms with Crippen molar-refractivity contribution in [2.24, 2.45) is 5.92 Å². The van der Waals surface area contributed by atoms with Gasteiger partial charge in [0.15, 0.2) is 0 Å². The fourth-order valence-electron chi connectivity index (χ4n) is 3.93. The molecule has 26 heavy (non-hydrogen) atoms. The number of carbonyl (C=O) groups excluding carboxylic acids is 1. The fraction of sp³-hybridized carbons (Fsp3) is 0.524. The van der Waals surface area contributed by atoms with Crippen LogP contribution in [0.5, 0.6) is 0 Å². The Kier molecular flexibility index (Phi) is 5.77. The van der Waals surface area contributed by atoms with Crippen LogP contribution in [-0.4, -0.2) is 59.4 Å². The summed E-state index contributed by atoms with van der Waals surface area (Å²) in [4.78, 5) is 25.4. The number of hydrogen-bond donors (Lipinski definition) is 1. The fourth-order valence-corrected chi connectivity index (χ4v) is 3.93. The first kappa shape index (κ1) is 18.6. The molecule has 1 aromatic heterocycles. The maximum atomic E-state index is 13.1. The van der Waals surface area contributed by atoms with Crippen molar-refractivity contribution in [2.75, 3.05) is 33.7 Å². The minimum Gasteiger partial charge on any atom is -0.346 e. The zero-order valence-corrected chi connectivity index (χ0v) is 16.3. The summed E-state index contributed by atoms with van der Waals surface area (Å²) >= 11 is 0. The van der Waals surface area contributed by atoms with E-state index in [1.165, 1.54) is 5.56 Å².